The van der Waals surface area contributed by atoms with Gasteiger partial charge in [0.1, 0.15) is 0 Å². The second kappa shape index (κ2) is 6.24. The van der Waals surface area contributed by atoms with Gasteiger partial charge in [-0.25, -0.2) is 8.78 Å². The van der Waals surface area contributed by atoms with Gasteiger partial charge in [0.05, 0.1) is 6.54 Å². The molecule has 2 nitrogen and oxygen atoms in total. The minimum absolute atomic E-state index is 0.143. The first-order valence-corrected chi connectivity index (χ1v) is 6.80. The zero-order chi connectivity index (χ0) is 13.8. The molecule has 1 aromatic carbocycles. The van der Waals surface area contributed by atoms with E-state index in [-0.39, 0.29) is 11.3 Å². The maximum atomic E-state index is 13.1. The Morgan fingerprint density at radius 1 is 1.37 bits per heavy atom. The fourth-order valence-corrected chi connectivity index (χ4v) is 2.59. The predicted molar refractivity (Wildman–Crippen MR) is 70.1 cm³/mol. The standard InChI is InChI=1S/C15H19F2NO/c1-2-11-4-3-7-18(9-11)10-15(19)12-5-6-13(16)14(17)8-12/h5-6,8,11H,2-4,7,9-10H2,1H3. The van der Waals surface area contributed by atoms with Crippen molar-refractivity contribution in [1.29, 1.82) is 0 Å². The van der Waals surface area contributed by atoms with Crippen LogP contribution in [0.25, 0.3) is 0 Å². The summed E-state index contributed by atoms with van der Waals surface area (Å²) in [5.74, 6) is -1.38. The molecule has 1 aliphatic rings. The van der Waals surface area contributed by atoms with Gasteiger partial charge in [-0.15, -0.1) is 0 Å². The number of Topliss-reactive ketones (excluding diaryl/α,β-unsaturated/α-hetero) is 1. The number of hydrogen-bond acceptors (Lipinski definition) is 2. The number of benzene rings is 1. The van der Waals surface area contributed by atoms with Crippen molar-refractivity contribution < 1.29 is 13.6 Å². The number of carbonyl (C=O) groups excluding carboxylic acids is 1. The van der Waals surface area contributed by atoms with Gasteiger partial charge in [-0.05, 0) is 43.5 Å². The van der Waals surface area contributed by atoms with Crippen molar-refractivity contribution in [2.45, 2.75) is 26.2 Å². The first-order valence-electron chi connectivity index (χ1n) is 6.80. The van der Waals surface area contributed by atoms with E-state index < -0.39 is 11.6 Å². The Morgan fingerprint density at radius 2 is 2.16 bits per heavy atom. The minimum Gasteiger partial charge on any atom is -0.296 e. The fraction of sp³-hybridized carbons (Fsp3) is 0.533. The molecule has 0 saturated carbocycles. The van der Waals surface area contributed by atoms with Crippen molar-refractivity contribution in [3.63, 3.8) is 0 Å². The van der Waals surface area contributed by atoms with Gasteiger partial charge in [0, 0.05) is 12.1 Å². The predicted octanol–water partition coefficient (Wildman–Crippen LogP) is 3.27. The van der Waals surface area contributed by atoms with Crippen LogP contribution in [0, 0.1) is 17.6 Å². The maximum Gasteiger partial charge on any atom is 0.176 e. The third-order valence-electron chi connectivity index (χ3n) is 3.79. The molecule has 0 radical (unpaired) electrons. The van der Waals surface area contributed by atoms with Gasteiger partial charge in [-0.1, -0.05) is 13.3 Å². The molecule has 1 saturated heterocycles. The first kappa shape index (κ1) is 14.1. The van der Waals surface area contributed by atoms with Gasteiger partial charge in [0.25, 0.3) is 0 Å². The van der Waals surface area contributed by atoms with Gasteiger partial charge in [-0.2, -0.15) is 0 Å². The SMILES string of the molecule is CCC1CCCN(CC(=O)c2ccc(F)c(F)c2)C1. The minimum atomic E-state index is -0.962. The summed E-state index contributed by atoms with van der Waals surface area (Å²) in [7, 11) is 0. The van der Waals surface area contributed by atoms with Crippen molar-refractivity contribution >= 4 is 5.78 Å². The molecule has 0 amide bonds. The summed E-state index contributed by atoms with van der Waals surface area (Å²) in [5, 5.41) is 0. The fourth-order valence-electron chi connectivity index (χ4n) is 2.59. The molecule has 0 N–H and O–H groups in total. The Hall–Kier alpha value is -1.29. The average Bonchev–Trinajstić information content (AvgIpc) is 2.42. The van der Waals surface area contributed by atoms with Crippen LogP contribution < -0.4 is 0 Å². The largest absolute Gasteiger partial charge is 0.296 e. The highest BCUT2D eigenvalue weighted by molar-refractivity contribution is 5.97. The van der Waals surface area contributed by atoms with Crippen LogP contribution >= 0.6 is 0 Å². The summed E-state index contributed by atoms with van der Waals surface area (Å²) in [5.41, 5.74) is 0.248. The molecule has 2 rings (SSSR count). The Labute approximate surface area is 112 Å². The van der Waals surface area contributed by atoms with Gasteiger partial charge < -0.3 is 0 Å². The third-order valence-corrected chi connectivity index (χ3v) is 3.79. The normalized spacial score (nSPS) is 20.5. The number of piperidine rings is 1. The van der Waals surface area contributed by atoms with Crippen molar-refractivity contribution in [2.75, 3.05) is 19.6 Å². The maximum absolute atomic E-state index is 13.1. The van der Waals surface area contributed by atoms with E-state index >= 15 is 0 Å². The summed E-state index contributed by atoms with van der Waals surface area (Å²) in [6.45, 7) is 4.28. The van der Waals surface area contributed by atoms with Crippen LogP contribution in [0.3, 0.4) is 0 Å². The molecule has 19 heavy (non-hydrogen) atoms. The molecule has 0 aromatic heterocycles. The quantitative estimate of drug-likeness (QED) is 0.780. The van der Waals surface area contributed by atoms with E-state index in [0.717, 1.165) is 38.1 Å². The molecule has 0 spiro atoms. The third kappa shape index (κ3) is 3.60. The number of rotatable bonds is 4. The molecule has 104 valence electrons. The summed E-state index contributed by atoms with van der Waals surface area (Å²) in [6.07, 6.45) is 3.44. The molecule has 1 atom stereocenters. The van der Waals surface area contributed by atoms with Crippen LogP contribution in [0.5, 0.6) is 0 Å². The zero-order valence-corrected chi connectivity index (χ0v) is 11.2. The lowest BCUT2D eigenvalue weighted by Crippen LogP contribution is -2.38. The lowest BCUT2D eigenvalue weighted by Gasteiger charge is -2.31. The highest BCUT2D eigenvalue weighted by Crippen LogP contribution is 2.19. The summed E-state index contributed by atoms with van der Waals surface area (Å²) in [4.78, 5) is 14.2. The molecule has 1 fully saturated rings. The molecular formula is C15H19F2NO. The monoisotopic (exact) mass is 267 g/mol. The second-order valence-corrected chi connectivity index (χ2v) is 5.20. The molecule has 4 heteroatoms. The lowest BCUT2D eigenvalue weighted by atomic mass is 9.95. The summed E-state index contributed by atoms with van der Waals surface area (Å²) in [6, 6.07) is 3.34. The van der Waals surface area contributed by atoms with Crippen LogP contribution in [0.2, 0.25) is 0 Å². The number of nitrogens with zero attached hydrogens (tertiary/aromatic N) is 1. The van der Waals surface area contributed by atoms with Crippen LogP contribution in [0.4, 0.5) is 8.78 Å². The van der Waals surface area contributed by atoms with Gasteiger partial charge in [0.15, 0.2) is 17.4 Å². The zero-order valence-electron chi connectivity index (χ0n) is 11.2. The van der Waals surface area contributed by atoms with E-state index in [9.17, 15) is 13.6 Å². The Bertz CT molecular complexity index is 461. The molecule has 0 bridgehead atoms. The lowest BCUT2D eigenvalue weighted by molar-refractivity contribution is 0.0884. The van der Waals surface area contributed by atoms with E-state index in [2.05, 4.69) is 11.8 Å². The van der Waals surface area contributed by atoms with E-state index in [1.54, 1.807) is 0 Å². The van der Waals surface area contributed by atoms with Gasteiger partial charge in [0.2, 0.25) is 0 Å². The molecular weight excluding hydrogens is 248 g/mol. The molecule has 1 aliphatic heterocycles. The first-order chi connectivity index (χ1) is 9.10. The smallest absolute Gasteiger partial charge is 0.176 e. The van der Waals surface area contributed by atoms with Crippen LogP contribution in [-0.2, 0) is 0 Å². The second-order valence-electron chi connectivity index (χ2n) is 5.20. The number of likely N-dealkylation sites (tertiary alicyclic amines) is 1. The van der Waals surface area contributed by atoms with Crippen molar-refractivity contribution in [2.24, 2.45) is 5.92 Å². The van der Waals surface area contributed by atoms with E-state index in [0.29, 0.717) is 12.5 Å². The highest BCUT2D eigenvalue weighted by Gasteiger charge is 2.21. The Morgan fingerprint density at radius 3 is 2.84 bits per heavy atom. The van der Waals surface area contributed by atoms with Gasteiger partial charge >= 0.3 is 0 Å². The highest BCUT2D eigenvalue weighted by atomic mass is 19.2. The number of ketones is 1. The van der Waals surface area contributed by atoms with E-state index in [4.69, 9.17) is 0 Å². The summed E-state index contributed by atoms with van der Waals surface area (Å²) < 4.78 is 25.9. The molecule has 1 aromatic rings. The van der Waals surface area contributed by atoms with Crippen molar-refractivity contribution in [1.82, 2.24) is 4.90 Å². The van der Waals surface area contributed by atoms with E-state index in [1.165, 1.54) is 12.5 Å². The Balaban J connectivity index is 1.98. The Kier molecular flexibility index (Phi) is 4.64. The number of halogens is 2. The van der Waals surface area contributed by atoms with E-state index in [1.807, 2.05) is 0 Å². The van der Waals surface area contributed by atoms with Crippen LogP contribution in [-0.4, -0.2) is 30.3 Å². The molecule has 0 aliphatic carbocycles. The van der Waals surface area contributed by atoms with Gasteiger partial charge in [-0.3, -0.25) is 9.69 Å². The number of carbonyl (C=O) groups is 1. The summed E-state index contributed by atoms with van der Waals surface area (Å²) >= 11 is 0. The molecule has 1 unspecified atom stereocenters. The molecule has 1 heterocycles. The number of hydrogen-bond donors (Lipinski definition) is 0. The van der Waals surface area contributed by atoms with Crippen molar-refractivity contribution in [3.05, 3.63) is 35.4 Å². The van der Waals surface area contributed by atoms with Crippen LogP contribution in [0.1, 0.15) is 36.5 Å². The topological polar surface area (TPSA) is 20.3 Å². The van der Waals surface area contributed by atoms with Crippen LogP contribution in [0.15, 0.2) is 18.2 Å². The van der Waals surface area contributed by atoms with Crippen molar-refractivity contribution in [3.8, 4) is 0 Å². The average molecular weight is 267 g/mol.